The number of hydrogen-bond donors (Lipinski definition) is 2. The molecule has 1 aliphatic carbocycles. The van der Waals surface area contributed by atoms with Gasteiger partial charge in [0.15, 0.2) is 0 Å². The molecule has 18 heavy (non-hydrogen) atoms. The molecule has 2 rings (SSSR count). The van der Waals surface area contributed by atoms with Crippen molar-refractivity contribution < 1.29 is 4.79 Å². The molecule has 1 saturated carbocycles. The maximum atomic E-state index is 12.1. The number of carbonyl (C=O) groups excluding carboxylic acids is 1. The van der Waals surface area contributed by atoms with Crippen LogP contribution < -0.4 is 10.6 Å². The second-order valence-corrected chi connectivity index (χ2v) is 7.77. The molecule has 0 aromatic carbocycles. The van der Waals surface area contributed by atoms with E-state index in [-0.39, 0.29) is 5.91 Å². The van der Waals surface area contributed by atoms with Gasteiger partial charge in [0.05, 0.1) is 8.66 Å². The fourth-order valence-corrected chi connectivity index (χ4v) is 4.18. The van der Waals surface area contributed by atoms with Crippen LogP contribution in [0.25, 0.3) is 0 Å². The summed E-state index contributed by atoms with van der Waals surface area (Å²) in [6, 6.07) is 2.80. The molecule has 2 N–H and O–H groups in total. The minimum atomic E-state index is 0.0410. The van der Waals surface area contributed by atoms with Gasteiger partial charge in [0.2, 0.25) is 0 Å². The lowest BCUT2D eigenvalue weighted by atomic mass is 9.91. The Morgan fingerprint density at radius 3 is 2.39 bits per heavy atom. The topological polar surface area (TPSA) is 41.1 Å². The van der Waals surface area contributed by atoms with Crippen LogP contribution in [0.1, 0.15) is 35.4 Å². The molecule has 0 saturated heterocycles. The largest absolute Gasteiger partial charge is 0.349 e. The predicted molar refractivity (Wildman–Crippen MR) is 82.3 cm³/mol. The predicted octanol–water partition coefficient (Wildman–Crippen LogP) is 3.53. The lowest BCUT2D eigenvalue weighted by Crippen LogP contribution is -2.41. The van der Waals surface area contributed by atoms with E-state index in [1.165, 1.54) is 11.3 Å². The van der Waals surface area contributed by atoms with E-state index in [4.69, 9.17) is 0 Å². The van der Waals surface area contributed by atoms with Crippen molar-refractivity contribution >= 4 is 49.1 Å². The van der Waals surface area contributed by atoms with E-state index in [1.807, 2.05) is 13.1 Å². The van der Waals surface area contributed by atoms with Crippen LogP contribution in [0.5, 0.6) is 0 Å². The molecule has 0 radical (unpaired) electrons. The van der Waals surface area contributed by atoms with Crippen LogP contribution >= 0.6 is 43.2 Å². The van der Waals surface area contributed by atoms with Crippen molar-refractivity contribution in [3.8, 4) is 0 Å². The Morgan fingerprint density at radius 2 is 1.89 bits per heavy atom. The summed E-state index contributed by atoms with van der Waals surface area (Å²) in [5.74, 6) is 0.0410. The number of hydrogen-bond acceptors (Lipinski definition) is 3. The fraction of sp³-hybridized carbons (Fsp3) is 0.583. The van der Waals surface area contributed by atoms with Gasteiger partial charge in [-0.3, -0.25) is 4.79 Å². The number of carbonyl (C=O) groups is 1. The van der Waals surface area contributed by atoms with Crippen LogP contribution in [0.15, 0.2) is 14.3 Å². The summed E-state index contributed by atoms with van der Waals surface area (Å²) in [6.45, 7) is 0. The van der Waals surface area contributed by atoms with E-state index >= 15 is 0 Å². The summed E-state index contributed by atoms with van der Waals surface area (Å²) in [4.78, 5) is 12.8. The van der Waals surface area contributed by atoms with Gasteiger partial charge in [0.25, 0.3) is 5.91 Å². The number of nitrogens with one attached hydrogen (secondary N) is 2. The zero-order chi connectivity index (χ0) is 13.1. The highest BCUT2D eigenvalue weighted by atomic mass is 79.9. The maximum absolute atomic E-state index is 12.1. The van der Waals surface area contributed by atoms with Gasteiger partial charge >= 0.3 is 0 Å². The van der Waals surface area contributed by atoms with Gasteiger partial charge < -0.3 is 10.6 Å². The highest BCUT2D eigenvalue weighted by Gasteiger charge is 2.22. The molecule has 1 heterocycles. The lowest BCUT2D eigenvalue weighted by Gasteiger charge is -2.28. The van der Waals surface area contributed by atoms with Gasteiger partial charge in [-0.05, 0) is 70.7 Å². The van der Waals surface area contributed by atoms with Crippen molar-refractivity contribution in [1.29, 1.82) is 0 Å². The second-order valence-electron chi connectivity index (χ2n) is 4.54. The molecule has 6 heteroatoms. The third kappa shape index (κ3) is 3.56. The third-order valence-electron chi connectivity index (χ3n) is 3.34. The first-order valence-electron chi connectivity index (χ1n) is 6.03. The molecule has 3 nitrogen and oxygen atoms in total. The first-order chi connectivity index (χ1) is 8.60. The number of thiophene rings is 1. The Balaban J connectivity index is 1.88. The average molecular weight is 396 g/mol. The van der Waals surface area contributed by atoms with Gasteiger partial charge in [0.1, 0.15) is 0 Å². The van der Waals surface area contributed by atoms with Crippen molar-refractivity contribution in [3.05, 3.63) is 19.2 Å². The van der Waals surface area contributed by atoms with E-state index in [0.717, 1.165) is 38.8 Å². The maximum Gasteiger partial charge on any atom is 0.261 e. The normalized spacial score (nSPS) is 23.9. The molecular weight excluding hydrogens is 380 g/mol. The van der Waals surface area contributed by atoms with E-state index in [2.05, 4.69) is 42.5 Å². The molecule has 1 aromatic heterocycles. The van der Waals surface area contributed by atoms with Crippen LogP contribution in [-0.4, -0.2) is 25.0 Å². The summed E-state index contributed by atoms with van der Waals surface area (Å²) in [6.07, 6.45) is 4.40. The smallest absolute Gasteiger partial charge is 0.261 e. The standard InChI is InChI=1S/C12H16Br2N2OS/c1-15-7-2-4-8(5-3-7)16-12(17)10-6-9(13)11(14)18-10/h6-8,15H,2-5H2,1H3,(H,16,17). The van der Waals surface area contributed by atoms with Gasteiger partial charge in [-0.25, -0.2) is 0 Å². The number of halogens is 2. The van der Waals surface area contributed by atoms with Crippen molar-refractivity contribution in [2.45, 2.75) is 37.8 Å². The molecule has 100 valence electrons. The summed E-state index contributed by atoms with van der Waals surface area (Å²) in [5.41, 5.74) is 0. The monoisotopic (exact) mass is 394 g/mol. The van der Waals surface area contributed by atoms with E-state index in [1.54, 1.807) is 0 Å². The van der Waals surface area contributed by atoms with Crippen LogP contribution in [0.4, 0.5) is 0 Å². The Kier molecular flexibility index (Phi) is 5.24. The molecule has 1 fully saturated rings. The molecular formula is C12H16Br2N2OS. The van der Waals surface area contributed by atoms with Crippen LogP contribution in [0, 0.1) is 0 Å². The summed E-state index contributed by atoms with van der Waals surface area (Å²) in [7, 11) is 2.00. The minimum absolute atomic E-state index is 0.0410. The van der Waals surface area contributed by atoms with Gasteiger partial charge in [-0.1, -0.05) is 0 Å². The first kappa shape index (κ1) is 14.5. The Morgan fingerprint density at radius 1 is 1.28 bits per heavy atom. The molecule has 1 amide bonds. The Bertz CT molecular complexity index is 408. The van der Waals surface area contributed by atoms with Crippen LogP contribution in [0.3, 0.4) is 0 Å². The molecule has 0 atom stereocenters. The highest BCUT2D eigenvalue weighted by molar-refractivity contribution is 9.13. The zero-order valence-electron chi connectivity index (χ0n) is 10.1. The van der Waals surface area contributed by atoms with E-state index in [0.29, 0.717) is 12.1 Å². The number of amides is 1. The van der Waals surface area contributed by atoms with Crippen LogP contribution in [-0.2, 0) is 0 Å². The highest BCUT2D eigenvalue weighted by Crippen LogP contribution is 2.32. The van der Waals surface area contributed by atoms with Gasteiger partial charge in [-0.2, -0.15) is 0 Å². The summed E-state index contributed by atoms with van der Waals surface area (Å²) >= 11 is 8.27. The SMILES string of the molecule is CNC1CCC(NC(=O)c2cc(Br)c(Br)s2)CC1. The molecule has 1 aliphatic rings. The average Bonchev–Trinajstić information content (AvgIpc) is 2.71. The molecule has 0 bridgehead atoms. The van der Waals surface area contributed by atoms with E-state index < -0.39 is 0 Å². The van der Waals surface area contributed by atoms with E-state index in [9.17, 15) is 4.79 Å². The fourth-order valence-electron chi connectivity index (χ4n) is 2.24. The lowest BCUT2D eigenvalue weighted by molar-refractivity contribution is 0.0929. The second kappa shape index (κ2) is 6.50. The van der Waals surface area contributed by atoms with Crippen molar-refractivity contribution in [1.82, 2.24) is 10.6 Å². The van der Waals surface area contributed by atoms with Crippen molar-refractivity contribution in [2.75, 3.05) is 7.05 Å². The molecule has 0 aliphatic heterocycles. The quantitative estimate of drug-likeness (QED) is 0.821. The number of rotatable bonds is 3. The minimum Gasteiger partial charge on any atom is -0.349 e. The third-order valence-corrected chi connectivity index (χ3v) is 6.59. The van der Waals surface area contributed by atoms with Gasteiger partial charge in [0, 0.05) is 16.6 Å². The zero-order valence-corrected chi connectivity index (χ0v) is 14.1. The molecule has 0 spiro atoms. The Labute approximate surface area is 128 Å². The summed E-state index contributed by atoms with van der Waals surface area (Å²) < 4.78 is 1.91. The summed E-state index contributed by atoms with van der Waals surface area (Å²) in [5, 5.41) is 6.42. The van der Waals surface area contributed by atoms with Crippen molar-refractivity contribution in [2.24, 2.45) is 0 Å². The first-order valence-corrected chi connectivity index (χ1v) is 8.43. The van der Waals surface area contributed by atoms with Crippen molar-refractivity contribution in [3.63, 3.8) is 0 Å². The molecule has 1 aromatic rings. The molecule has 0 unspecified atom stereocenters. The Hall–Kier alpha value is 0.0900. The van der Waals surface area contributed by atoms with Gasteiger partial charge in [-0.15, -0.1) is 11.3 Å². The van der Waals surface area contributed by atoms with Crippen LogP contribution in [0.2, 0.25) is 0 Å².